The molecule has 13 heteroatoms. The number of rotatable bonds is 11. The fourth-order valence-electron chi connectivity index (χ4n) is 5.19. The third-order valence-corrected chi connectivity index (χ3v) is 7.75. The minimum Gasteiger partial charge on any atom is -0.482 e. The summed E-state index contributed by atoms with van der Waals surface area (Å²) >= 11 is 0. The minimum atomic E-state index is -1.13. The summed E-state index contributed by atoms with van der Waals surface area (Å²) in [6.45, 7) is -0.526. The zero-order valence-corrected chi connectivity index (χ0v) is 29.0. The Labute approximate surface area is 317 Å². The van der Waals surface area contributed by atoms with Crippen molar-refractivity contribution in [3.63, 3.8) is 0 Å². The van der Waals surface area contributed by atoms with Crippen LogP contribution in [0.4, 0.5) is 28.9 Å². The molecule has 2 amide bonds. The van der Waals surface area contributed by atoms with Crippen molar-refractivity contribution in [2.45, 2.75) is 0 Å². The van der Waals surface area contributed by atoms with Crippen molar-refractivity contribution in [1.29, 1.82) is 0 Å². The van der Waals surface area contributed by atoms with Gasteiger partial charge in [0.05, 0.1) is 11.1 Å². The number of amides is 2. The number of benzene rings is 6. The number of hydrogen-bond acceptors (Lipinski definition) is 5. The summed E-state index contributed by atoms with van der Waals surface area (Å²) in [7, 11) is 0. The number of aliphatic carboxylic acids is 2. The number of ether oxygens (including phenoxy) is 1. The fraction of sp³-hybridized carbons (Fsp3) is 0.0233. The molecular weight excluding hydrogens is 732 g/mol. The molecule has 6 aromatic rings. The Balaban J connectivity index is 0.000000214. The van der Waals surface area contributed by atoms with Gasteiger partial charge in [0.25, 0.3) is 11.8 Å². The first-order valence-electron chi connectivity index (χ1n) is 16.5. The van der Waals surface area contributed by atoms with Gasteiger partial charge in [0.15, 0.2) is 6.61 Å². The number of nitrogens with one attached hydrogen (secondary N) is 2. The van der Waals surface area contributed by atoms with E-state index >= 15 is 0 Å². The van der Waals surface area contributed by atoms with Crippen molar-refractivity contribution in [1.82, 2.24) is 0 Å². The first-order valence-corrected chi connectivity index (χ1v) is 16.5. The lowest BCUT2D eigenvalue weighted by atomic mass is 10.0. The fourth-order valence-corrected chi connectivity index (χ4v) is 5.19. The number of carboxylic acid groups (broad SMARTS) is 2. The van der Waals surface area contributed by atoms with Crippen LogP contribution in [0, 0.1) is 23.3 Å². The quantitative estimate of drug-likeness (QED) is 0.0762. The van der Waals surface area contributed by atoms with Crippen molar-refractivity contribution in [2.24, 2.45) is 0 Å². The van der Waals surface area contributed by atoms with Crippen LogP contribution in [0.3, 0.4) is 0 Å². The molecule has 282 valence electrons. The van der Waals surface area contributed by atoms with Gasteiger partial charge in [0.2, 0.25) is 0 Å². The van der Waals surface area contributed by atoms with E-state index in [1.165, 1.54) is 78.9 Å². The van der Waals surface area contributed by atoms with E-state index < -0.39 is 53.6 Å². The molecule has 0 radical (unpaired) electrons. The van der Waals surface area contributed by atoms with Gasteiger partial charge in [-0.2, -0.15) is 0 Å². The molecule has 0 unspecified atom stereocenters. The Kier molecular flexibility index (Phi) is 13.1. The predicted octanol–water partition coefficient (Wildman–Crippen LogP) is 9.33. The van der Waals surface area contributed by atoms with E-state index in [1.54, 1.807) is 48.5 Å². The number of hydrogen-bond donors (Lipinski definition) is 4. The van der Waals surface area contributed by atoms with Crippen LogP contribution in [0.2, 0.25) is 0 Å². The molecule has 0 aliphatic heterocycles. The van der Waals surface area contributed by atoms with Crippen LogP contribution in [-0.4, -0.2) is 40.6 Å². The average molecular weight is 763 g/mol. The number of halogens is 4. The topological polar surface area (TPSA) is 142 Å². The van der Waals surface area contributed by atoms with Crippen LogP contribution in [0.25, 0.3) is 28.3 Å². The molecule has 0 aliphatic rings. The molecule has 0 saturated heterocycles. The van der Waals surface area contributed by atoms with Gasteiger partial charge >= 0.3 is 11.9 Å². The van der Waals surface area contributed by atoms with Crippen molar-refractivity contribution in [3.05, 3.63) is 179 Å². The van der Waals surface area contributed by atoms with Crippen LogP contribution >= 0.6 is 0 Å². The summed E-state index contributed by atoms with van der Waals surface area (Å²) in [6.07, 6.45) is 2.35. The summed E-state index contributed by atoms with van der Waals surface area (Å²) in [5.74, 6) is -5.66. The Morgan fingerprint density at radius 1 is 0.554 bits per heavy atom. The van der Waals surface area contributed by atoms with Gasteiger partial charge in [-0.3, -0.25) is 9.59 Å². The van der Waals surface area contributed by atoms with Crippen molar-refractivity contribution >= 4 is 41.2 Å². The Bertz CT molecular complexity index is 2450. The van der Waals surface area contributed by atoms with Crippen LogP contribution in [0.15, 0.2) is 140 Å². The van der Waals surface area contributed by atoms with E-state index in [0.717, 1.165) is 18.2 Å². The monoisotopic (exact) mass is 762 g/mol. The number of carbonyl (C=O) groups is 4. The summed E-state index contributed by atoms with van der Waals surface area (Å²) in [5.41, 5.74) is 2.89. The highest BCUT2D eigenvalue weighted by Gasteiger charge is 2.16. The molecule has 6 aromatic carbocycles. The first-order chi connectivity index (χ1) is 26.8. The number of anilines is 2. The molecule has 0 bridgehead atoms. The molecule has 56 heavy (non-hydrogen) atoms. The number of carbonyl (C=O) groups excluding carboxylic acids is 2. The van der Waals surface area contributed by atoms with Crippen molar-refractivity contribution < 1.29 is 51.7 Å². The van der Waals surface area contributed by atoms with Gasteiger partial charge in [0.1, 0.15) is 29.0 Å². The molecule has 9 nitrogen and oxygen atoms in total. The number of carboxylic acids is 2. The maximum Gasteiger partial charge on any atom is 0.341 e. The summed E-state index contributed by atoms with van der Waals surface area (Å²) in [5, 5.41) is 22.4. The summed E-state index contributed by atoms with van der Waals surface area (Å²) in [4.78, 5) is 46.2. The lowest BCUT2D eigenvalue weighted by molar-refractivity contribution is -0.139. The normalized spacial score (nSPS) is 10.6. The smallest absolute Gasteiger partial charge is 0.341 e. The molecule has 0 heterocycles. The maximum absolute atomic E-state index is 14.2. The molecule has 0 spiro atoms. The third kappa shape index (κ3) is 11.2. The average Bonchev–Trinajstić information content (AvgIpc) is 3.17. The van der Waals surface area contributed by atoms with Crippen LogP contribution in [-0.2, 0) is 9.59 Å². The summed E-state index contributed by atoms with van der Waals surface area (Å²) < 4.78 is 60.3. The molecular formula is C43H30F4N2O7. The highest BCUT2D eigenvalue weighted by atomic mass is 19.1. The molecule has 0 aromatic heterocycles. The molecule has 0 aliphatic carbocycles. The lowest BCUT2D eigenvalue weighted by Crippen LogP contribution is -2.14. The predicted molar refractivity (Wildman–Crippen MR) is 202 cm³/mol. The van der Waals surface area contributed by atoms with E-state index in [1.807, 2.05) is 0 Å². The highest BCUT2D eigenvalue weighted by Crippen LogP contribution is 2.26. The zero-order valence-electron chi connectivity index (χ0n) is 29.0. The second-order valence-corrected chi connectivity index (χ2v) is 11.8. The van der Waals surface area contributed by atoms with Gasteiger partial charge in [0, 0.05) is 23.5 Å². The highest BCUT2D eigenvalue weighted by molar-refractivity contribution is 6.06. The third-order valence-electron chi connectivity index (χ3n) is 7.75. The van der Waals surface area contributed by atoms with E-state index in [0.29, 0.717) is 39.2 Å². The second kappa shape index (κ2) is 18.5. The van der Waals surface area contributed by atoms with Crippen LogP contribution < -0.4 is 15.4 Å². The Morgan fingerprint density at radius 2 is 1.04 bits per heavy atom. The van der Waals surface area contributed by atoms with E-state index in [4.69, 9.17) is 14.9 Å². The zero-order chi connectivity index (χ0) is 40.2. The standard InChI is InChI=1S/C22H15F2NO3.C21H15F2NO4/c23-17-5-2-4-15(12-17)16-8-9-20(24)19(13-16)22(28)25-18-6-1-3-14(11-18)7-10-21(26)27;22-15-4-1-3-13(9-15)14-7-8-19(23)18(10-14)21(27)24-16-5-2-6-17(11-16)28-12-20(25)26/h1-13H,(H,25,28)(H,26,27);1-11H,12H2,(H,24,27)(H,25,26)/b10-7+;. The molecule has 0 saturated carbocycles. The lowest BCUT2D eigenvalue weighted by Gasteiger charge is -2.10. The Morgan fingerprint density at radius 3 is 1.54 bits per heavy atom. The molecule has 4 N–H and O–H groups in total. The van der Waals surface area contributed by atoms with E-state index in [2.05, 4.69) is 10.6 Å². The van der Waals surface area contributed by atoms with Gasteiger partial charge in [-0.25, -0.2) is 27.2 Å². The Hall–Kier alpha value is -7.54. The molecule has 0 fully saturated rings. The van der Waals surface area contributed by atoms with Crippen LogP contribution in [0.1, 0.15) is 26.3 Å². The summed E-state index contributed by atoms with van der Waals surface area (Å²) in [6, 6.07) is 32.0. The second-order valence-electron chi connectivity index (χ2n) is 11.8. The SMILES string of the molecule is O=C(O)/C=C/c1cccc(NC(=O)c2cc(-c3cccc(F)c3)ccc2F)c1.O=C(O)COc1cccc(NC(=O)c2cc(-c3cccc(F)c3)ccc2F)c1. The van der Waals surface area contributed by atoms with Gasteiger partial charge in [-0.05, 0) is 107 Å². The van der Waals surface area contributed by atoms with Crippen LogP contribution in [0.5, 0.6) is 5.75 Å². The first kappa shape index (κ1) is 39.7. The van der Waals surface area contributed by atoms with Gasteiger partial charge < -0.3 is 25.6 Å². The van der Waals surface area contributed by atoms with Crippen molar-refractivity contribution in [3.8, 4) is 28.0 Å². The maximum atomic E-state index is 14.2. The molecule has 0 atom stereocenters. The minimum absolute atomic E-state index is 0.187. The van der Waals surface area contributed by atoms with Crippen molar-refractivity contribution in [2.75, 3.05) is 17.2 Å². The molecule has 6 rings (SSSR count). The van der Waals surface area contributed by atoms with Gasteiger partial charge in [-0.15, -0.1) is 0 Å². The van der Waals surface area contributed by atoms with Gasteiger partial charge in [-0.1, -0.05) is 54.6 Å². The largest absolute Gasteiger partial charge is 0.482 e. The van der Waals surface area contributed by atoms with E-state index in [9.17, 15) is 36.7 Å². The van der Waals surface area contributed by atoms with E-state index in [-0.39, 0.29) is 16.9 Å².